The molecule has 1 aromatic carbocycles. The molecular weight excluding hydrogens is 254 g/mol. The number of hydrogen-bond donors (Lipinski definition) is 1. The van der Waals surface area contributed by atoms with Gasteiger partial charge in [-0.05, 0) is 36.5 Å². The molecule has 0 aromatic heterocycles. The highest BCUT2D eigenvalue weighted by Gasteiger charge is 2.14. The summed E-state index contributed by atoms with van der Waals surface area (Å²) in [6.45, 7) is 7.47. The molecule has 2 nitrogen and oxygen atoms in total. The molecule has 1 N–H and O–H groups in total. The minimum atomic E-state index is 0.454. The standard InChI is InChI=1S/C16H25NOS/c1-13(2)14-5-7-16(8-6-14)19-11-9-17-12-15-4-3-10-18-15/h5-8,13,15,17H,3-4,9-12H2,1-2H3. The van der Waals surface area contributed by atoms with Crippen LogP contribution >= 0.6 is 11.8 Å². The highest BCUT2D eigenvalue weighted by atomic mass is 32.2. The van der Waals surface area contributed by atoms with Gasteiger partial charge in [-0.1, -0.05) is 26.0 Å². The zero-order chi connectivity index (χ0) is 13.5. The van der Waals surface area contributed by atoms with Crippen LogP contribution in [0.1, 0.15) is 38.2 Å². The monoisotopic (exact) mass is 279 g/mol. The largest absolute Gasteiger partial charge is 0.377 e. The third kappa shape index (κ3) is 5.17. The molecule has 0 bridgehead atoms. The van der Waals surface area contributed by atoms with Crippen molar-refractivity contribution in [3.8, 4) is 0 Å². The lowest BCUT2D eigenvalue weighted by Gasteiger charge is -2.10. The van der Waals surface area contributed by atoms with Crippen LogP contribution in [-0.2, 0) is 4.74 Å². The van der Waals surface area contributed by atoms with Gasteiger partial charge >= 0.3 is 0 Å². The Morgan fingerprint density at radius 1 is 1.32 bits per heavy atom. The minimum Gasteiger partial charge on any atom is -0.377 e. The van der Waals surface area contributed by atoms with Gasteiger partial charge in [0.25, 0.3) is 0 Å². The van der Waals surface area contributed by atoms with E-state index in [0.29, 0.717) is 12.0 Å². The van der Waals surface area contributed by atoms with Gasteiger partial charge in [-0.2, -0.15) is 0 Å². The van der Waals surface area contributed by atoms with Gasteiger partial charge in [-0.3, -0.25) is 0 Å². The van der Waals surface area contributed by atoms with Gasteiger partial charge in [0.05, 0.1) is 6.10 Å². The first-order valence-corrected chi connectivity index (χ1v) is 8.29. The molecule has 106 valence electrons. The lowest BCUT2D eigenvalue weighted by molar-refractivity contribution is 0.110. The Balaban J connectivity index is 1.59. The molecule has 1 aromatic rings. The Hall–Kier alpha value is -0.510. The number of ether oxygens (including phenoxy) is 1. The second kappa shape index (κ2) is 7.93. The molecule has 0 saturated carbocycles. The van der Waals surface area contributed by atoms with E-state index in [1.807, 2.05) is 11.8 Å². The fraction of sp³-hybridized carbons (Fsp3) is 0.625. The number of rotatable bonds is 7. The summed E-state index contributed by atoms with van der Waals surface area (Å²) in [6, 6.07) is 8.96. The van der Waals surface area contributed by atoms with Crippen molar-refractivity contribution in [1.82, 2.24) is 5.32 Å². The summed E-state index contributed by atoms with van der Waals surface area (Å²) in [7, 11) is 0. The Kier molecular flexibility index (Phi) is 6.21. The van der Waals surface area contributed by atoms with Crippen molar-refractivity contribution in [2.45, 2.75) is 43.6 Å². The second-order valence-corrected chi connectivity index (χ2v) is 6.58. The molecule has 1 unspecified atom stereocenters. The predicted octanol–water partition coefficient (Wildman–Crippen LogP) is 3.67. The summed E-state index contributed by atoms with van der Waals surface area (Å²) in [6.07, 6.45) is 2.90. The molecule has 2 rings (SSSR count). The molecule has 3 heteroatoms. The van der Waals surface area contributed by atoms with Crippen molar-refractivity contribution in [2.75, 3.05) is 25.4 Å². The Labute approximate surface area is 121 Å². The van der Waals surface area contributed by atoms with Crippen molar-refractivity contribution in [3.63, 3.8) is 0 Å². The Bertz CT molecular complexity index is 358. The van der Waals surface area contributed by atoms with Crippen LogP contribution in [0, 0.1) is 0 Å². The van der Waals surface area contributed by atoms with Gasteiger partial charge in [-0.15, -0.1) is 11.8 Å². The SMILES string of the molecule is CC(C)c1ccc(SCCNCC2CCCO2)cc1. The Morgan fingerprint density at radius 3 is 2.74 bits per heavy atom. The summed E-state index contributed by atoms with van der Waals surface area (Å²) >= 11 is 1.92. The molecule has 0 aliphatic carbocycles. The average Bonchev–Trinajstić information content (AvgIpc) is 2.92. The van der Waals surface area contributed by atoms with E-state index < -0.39 is 0 Å². The smallest absolute Gasteiger partial charge is 0.0700 e. The van der Waals surface area contributed by atoms with Crippen LogP contribution < -0.4 is 5.32 Å². The van der Waals surface area contributed by atoms with Crippen molar-refractivity contribution in [1.29, 1.82) is 0 Å². The molecule has 1 heterocycles. The summed E-state index contributed by atoms with van der Waals surface area (Å²) in [5.41, 5.74) is 1.42. The van der Waals surface area contributed by atoms with Crippen molar-refractivity contribution in [2.24, 2.45) is 0 Å². The average molecular weight is 279 g/mol. The quantitative estimate of drug-likeness (QED) is 0.608. The number of benzene rings is 1. The molecule has 0 radical (unpaired) electrons. The van der Waals surface area contributed by atoms with Gasteiger partial charge in [-0.25, -0.2) is 0 Å². The molecule has 0 spiro atoms. The van der Waals surface area contributed by atoms with E-state index in [4.69, 9.17) is 4.74 Å². The summed E-state index contributed by atoms with van der Waals surface area (Å²) in [5.74, 6) is 1.74. The van der Waals surface area contributed by atoms with Crippen LogP contribution in [0.2, 0.25) is 0 Å². The zero-order valence-electron chi connectivity index (χ0n) is 12.0. The molecule has 0 amide bonds. The maximum Gasteiger partial charge on any atom is 0.0700 e. The van der Waals surface area contributed by atoms with Crippen LogP contribution in [0.15, 0.2) is 29.2 Å². The second-order valence-electron chi connectivity index (χ2n) is 5.41. The van der Waals surface area contributed by atoms with Crippen LogP contribution in [-0.4, -0.2) is 31.6 Å². The van der Waals surface area contributed by atoms with Gasteiger partial charge in [0, 0.05) is 30.3 Å². The number of thioether (sulfide) groups is 1. The summed E-state index contributed by atoms with van der Waals surface area (Å²) in [5, 5.41) is 3.48. The fourth-order valence-electron chi connectivity index (χ4n) is 2.26. The van der Waals surface area contributed by atoms with E-state index in [-0.39, 0.29) is 0 Å². The summed E-state index contributed by atoms with van der Waals surface area (Å²) < 4.78 is 5.58. The third-order valence-corrected chi connectivity index (χ3v) is 4.50. The lowest BCUT2D eigenvalue weighted by Crippen LogP contribution is -2.27. The molecule has 1 fully saturated rings. The lowest BCUT2D eigenvalue weighted by atomic mass is 10.0. The summed E-state index contributed by atoms with van der Waals surface area (Å²) in [4.78, 5) is 1.36. The van der Waals surface area contributed by atoms with Gasteiger partial charge in [0.1, 0.15) is 0 Å². The van der Waals surface area contributed by atoms with E-state index in [2.05, 4.69) is 43.4 Å². The van der Waals surface area contributed by atoms with Gasteiger partial charge < -0.3 is 10.1 Å². The predicted molar refractivity (Wildman–Crippen MR) is 83.1 cm³/mol. The minimum absolute atomic E-state index is 0.454. The molecular formula is C16H25NOS. The first-order chi connectivity index (χ1) is 9.25. The molecule has 1 aliphatic rings. The van der Waals surface area contributed by atoms with Crippen molar-refractivity contribution >= 4 is 11.8 Å². The third-order valence-electron chi connectivity index (χ3n) is 3.49. The number of nitrogens with one attached hydrogen (secondary N) is 1. The van der Waals surface area contributed by atoms with Crippen LogP contribution in [0.4, 0.5) is 0 Å². The van der Waals surface area contributed by atoms with Gasteiger partial charge in [0.15, 0.2) is 0 Å². The topological polar surface area (TPSA) is 21.3 Å². The first-order valence-electron chi connectivity index (χ1n) is 7.31. The molecule has 1 aliphatic heterocycles. The first kappa shape index (κ1) is 14.9. The van der Waals surface area contributed by atoms with E-state index in [0.717, 1.165) is 25.4 Å². The molecule has 1 saturated heterocycles. The maximum absolute atomic E-state index is 5.58. The highest BCUT2D eigenvalue weighted by Crippen LogP contribution is 2.21. The van der Waals surface area contributed by atoms with Gasteiger partial charge in [0.2, 0.25) is 0 Å². The maximum atomic E-state index is 5.58. The van der Waals surface area contributed by atoms with E-state index in [1.165, 1.54) is 23.3 Å². The Morgan fingerprint density at radius 2 is 2.11 bits per heavy atom. The molecule has 1 atom stereocenters. The van der Waals surface area contributed by atoms with Crippen molar-refractivity contribution in [3.05, 3.63) is 29.8 Å². The van der Waals surface area contributed by atoms with E-state index >= 15 is 0 Å². The highest BCUT2D eigenvalue weighted by molar-refractivity contribution is 7.99. The zero-order valence-corrected chi connectivity index (χ0v) is 12.8. The van der Waals surface area contributed by atoms with Crippen LogP contribution in [0.5, 0.6) is 0 Å². The van der Waals surface area contributed by atoms with Crippen LogP contribution in [0.25, 0.3) is 0 Å². The van der Waals surface area contributed by atoms with Crippen molar-refractivity contribution < 1.29 is 4.74 Å². The normalized spacial score (nSPS) is 19.2. The number of hydrogen-bond acceptors (Lipinski definition) is 3. The fourth-order valence-corrected chi connectivity index (χ4v) is 3.07. The molecule has 19 heavy (non-hydrogen) atoms. The van der Waals surface area contributed by atoms with Crippen LogP contribution in [0.3, 0.4) is 0 Å². The van der Waals surface area contributed by atoms with E-state index in [1.54, 1.807) is 0 Å². The van der Waals surface area contributed by atoms with E-state index in [9.17, 15) is 0 Å².